The van der Waals surface area contributed by atoms with Gasteiger partial charge >= 0.3 is 0 Å². The summed E-state index contributed by atoms with van der Waals surface area (Å²) in [5, 5.41) is 25.7. The van der Waals surface area contributed by atoms with Crippen LogP contribution in [0.1, 0.15) is 19.5 Å². The number of halogens is 2. The monoisotopic (exact) mass is 428 g/mol. The van der Waals surface area contributed by atoms with Crippen LogP contribution in [-0.2, 0) is 5.60 Å². The lowest BCUT2D eigenvalue weighted by Crippen LogP contribution is -2.16. The molecule has 0 spiro atoms. The minimum atomic E-state index is -1.14. The summed E-state index contributed by atoms with van der Waals surface area (Å²) in [5.41, 5.74) is 1.21. The Morgan fingerprint density at radius 2 is 1.76 bits per heavy atom. The predicted octanol–water partition coefficient (Wildman–Crippen LogP) is 5.99. The molecule has 0 saturated heterocycles. The van der Waals surface area contributed by atoms with E-state index in [1.54, 1.807) is 24.6 Å². The second-order valence-corrected chi connectivity index (χ2v) is 8.65. The summed E-state index contributed by atoms with van der Waals surface area (Å²) in [4.78, 5) is 1.56. The molecule has 0 bridgehead atoms. The quantitative estimate of drug-likeness (QED) is 0.419. The van der Waals surface area contributed by atoms with Crippen molar-refractivity contribution in [3.05, 3.63) is 77.2 Å². The maximum Gasteiger partial charge on any atom is 0.124 e. The molecule has 0 radical (unpaired) electrons. The van der Waals surface area contributed by atoms with Gasteiger partial charge in [0.25, 0.3) is 0 Å². The van der Waals surface area contributed by atoms with Crippen molar-refractivity contribution in [1.29, 1.82) is 0 Å². The third kappa shape index (κ3) is 3.79. The van der Waals surface area contributed by atoms with Crippen LogP contribution in [0.15, 0.2) is 60.7 Å². The van der Waals surface area contributed by atoms with Crippen LogP contribution in [0.4, 0.5) is 4.39 Å². The molecule has 0 aliphatic heterocycles. The third-order valence-corrected chi connectivity index (χ3v) is 5.96. The van der Waals surface area contributed by atoms with E-state index in [9.17, 15) is 14.6 Å². The van der Waals surface area contributed by atoms with E-state index in [4.69, 9.17) is 11.6 Å². The topological polar surface area (TPSA) is 58.3 Å². The first-order valence-electron chi connectivity index (χ1n) is 8.91. The molecule has 148 valence electrons. The molecule has 0 aliphatic carbocycles. The smallest absolute Gasteiger partial charge is 0.124 e. The molecule has 4 nitrogen and oxygen atoms in total. The molecule has 7 heteroatoms. The van der Waals surface area contributed by atoms with Gasteiger partial charge in [-0.25, -0.2) is 9.07 Å². The van der Waals surface area contributed by atoms with Crippen molar-refractivity contribution in [3.63, 3.8) is 0 Å². The number of hydrogen-bond donors (Lipinski definition) is 2. The van der Waals surface area contributed by atoms with Crippen molar-refractivity contribution in [2.24, 2.45) is 0 Å². The van der Waals surface area contributed by atoms with Crippen LogP contribution in [0, 0.1) is 5.82 Å². The van der Waals surface area contributed by atoms with Crippen LogP contribution in [0.25, 0.3) is 26.7 Å². The molecule has 0 amide bonds. The van der Waals surface area contributed by atoms with E-state index in [1.165, 1.54) is 29.5 Å². The SMILES string of the molecule is CC(C)(O)c1cc(-c2ccc(-c3cc(F)ccc3O)s2)n(-c2ccccc2Cl)n1. The number of phenolic OH excluding ortho intramolecular Hbond substituents is 1. The van der Waals surface area contributed by atoms with Crippen LogP contribution >= 0.6 is 22.9 Å². The van der Waals surface area contributed by atoms with E-state index in [-0.39, 0.29) is 5.75 Å². The van der Waals surface area contributed by atoms with E-state index in [1.807, 2.05) is 36.4 Å². The van der Waals surface area contributed by atoms with Crippen molar-refractivity contribution in [2.75, 3.05) is 0 Å². The van der Waals surface area contributed by atoms with Gasteiger partial charge in [0, 0.05) is 10.4 Å². The van der Waals surface area contributed by atoms with Gasteiger partial charge in [-0.05, 0) is 62.4 Å². The standard InChI is InChI=1S/C22H18ClFN2O2S/c1-22(2,28)21-12-17(26(25-21)16-6-4-3-5-15(16)23)20-10-9-19(29-20)14-11-13(24)7-8-18(14)27/h3-12,27-28H,1-2H3. The molecule has 0 aliphatic rings. The Morgan fingerprint density at radius 3 is 2.48 bits per heavy atom. The first-order chi connectivity index (χ1) is 13.7. The van der Waals surface area contributed by atoms with Crippen molar-refractivity contribution in [2.45, 2.75) is 19.4 Å². The molecular weight excluding hydrogens is 411 g/mol. The van der Waals surface area contributed by atoms with E-state index in [0.29, 0.717) is 26.8 Å². The third-order valence-electron chi connectivity index (χ3n) is 4.50. The summed E-state index contributed by atoms with van der Waals surface area (Å²) in [6.07, 6.45) is 0. The van der Waals surface area contributed by atoms with Crippen LogP contribution in [0.5, 0.6) is 5.75 Å². The zero-order valence-electron chi connectivity index (χ0n) is 15.7. The summed E-state index contributed by atoms with van der Waals surface area (Å²) >= 11 is 7.77. The van der Waals surface area contributed by atoms with E-state index >= 15 is 0 Å². The highest BCUT2D eigenvalue weighted by Crippen LogP contribution is 2.40. The summed E-state index contributed by atoms with van der Waals surface area (Å²) in [5.74, 6) is -0.408. The van der Waals surface area contributed by atoms with Gasteiger partial charge < -0.3 is 10.2 Å². The summed E-state index contributed by atoms with van der Waals surface area (Å²) < 4.78 is 15.4. The van der Waals surface area contributed by atoms with Gasteiger partial charge in [0.05, 0.1) is 27.0 Å². The van der Waals surface area contributed by atoms with Crippen molar-refractivity contribution < 1.29 is 14.6 Å². The fraction of sp³-hybridized carbons (Fsp3) is 0.136. The number of benzene rings is 2. The van der Waals surface area contributed by atoms with Crippen molar-refractivity contribution in [3.8, 4) is 32.4 Å². The molecule has 0 fully saturated rings. The lowest BCUT2D eigenvalue weighted by atomic mass is 10.1. The summed E-state index contributed by atoms with van der Waals surface area (Å²) in [6, 6.07) is 16.7. The van der Waals surface area contributed by atoms with E-state index in [2.05, 4.69) is 5.10 Å². The number of phenols is 1. The zero-order chi connectivity index (χ0) is 20.8. The first-order valence-corrected chi connectivity index (χ1v) is 10.1. The Hall–Kier alpha value is -2.67. The number of aromatic hydroxyl groups is 1. The summed E-state index contributed by atoms with van der Waals surface area (Å²) in [6.45, 7) is 3.33. The Labute approximate surface area is 176 Å². The number of hydrogen-bond acceptors (Lipinski definition) is 4. The van der Waals surface area contributed by atoms with E-state index in [0.717, 1.165) is 10.6 Å². The van der Waals surface area contributed by atoms with Gasteiger partial charge in [-0.2, -0.15) is 5.10 Å². The number of aromatic nitrogens is 2. The molecule has 4 rings (SSSR count). The lowest BCUT2D eigenvalue weighted by Gasteiger charge is -2.13. The molecule has 0 saturated carbocycles. The van der Waals surface area contributed by atoms with Gasteiger partial charge in [0.15, 0.2) is 0 Å². The number of nitrogens with zero attached hydrogens (tertiary/aromatic N) is 2. The molecule has 0 unspecified atom stereocenters. The van der Waals surface area contributed by atoms with Crippen LogP contribution in [0.2, 0.25) is 5.02 Å². The minimum Gasteiger partial charge on any atom is -0.507 e. The van der Waals surface area contributed by atoms with E-state index < -0.39 is 11.4 Å². The Bertz CT molecular complexity index is 1190. The highest BCUT2D eigenvalue weighted by molar-refractivity contribution is 7.18. The molecule has 2 heterocycles. The molecule has 29 heavy (non-hydrogen) atoms. The van der Waals surface area contributed by atoms with Crippen LogP contribution in [0.3, 0.4) is 0 Å². The second-order valence-electron chi connectivity index (χ2n) is 7.16. The minimum absolute atomic E-state index is 0.0107. The van der Waals surface area contributed by atoms with Crippen LogP contribution in [-0.4, -0.2) is 20.0 Å². The molecule has 2 N–H and O–H groups in total. The maximum atomic E-state index is 13.7. The molecule has 4 aromatic rings. The Kier molecular flexibility index (Phi) is 4.94. The van der Waals surface area contributed by atoms with Crippen LogP contribution < -0.4 is 0 Å². The largest absolute Gasteiger partial charge is 0.507 e. The fourth-order valence-electron chi connectivity index (χ4n) is 2.99. The van der Waals surface area contributed by atoms with Gasteiger partial charge in [-0.15, -0.1) is 11.3 Å². The summed E-state index contributed by atoms with van der Waals surface area (Å²) in [7, 11) is 0. The molecule has 0 atom stereocenters. The molecule has 2 aromatic heterocycles. The maximum absolute atomic E-state index is 13.7. The molecule has 2 aromatic carbocycles. The van der Waals surface area contributed by atoms with Crippen molar-refractivity contribution >= 4 is 22.9 Å². The van der Waals surface area contributed by atoms with Gasteiger partial charge in [0.2, 0.25) is 0 Å². The van der Waals surface area contributed by atoms with Gasteiger partial charge in [0.1, 0.15) is 17.2 Å². The lowest BCUT2D eigenvalue weighted by molar-refractivity contribution is 0.0734. The Morgan fingerprint density at radius 1 is 1.03 bits per heavy atom. The normalized spacial score (nSPS) is 11.8. The zero-order valence-corrected chi connectivity index (χ0v) is 17.3. The average molecular weight is 429 g/mol. The number of thiophene rings is 1. The Balaban J connectivity index is 1.87. The molecular formula is C22H18ClFN2O2S. The van der Waals surface area contributed by atoms with Crippen molar-refractivity contribution in [1.82, 2.24) is 9.78 Å². The number of rotatable bonds is 4. The predicted molar refractivity (Wildman–Crippen MR) is 114 cm³/mol. The highest BCUT2D eigenvalue weighted by Gasteiger charge is 2.24. The second kappa shape index (κ2) is 7.30. The fourth-order valence-corrected chi connectivity index (χ4v) is 4.24. The first kappa shape index (κ1) is 19.6. The van der Waals surface area contributed by atoms with Gasteiger partial charge in [-0.1, -0.05) is 23.7 Å². The number of aliphatic hydroxyl groups is 1. The highest BCUT2D eigenvalue weighted by atomic mass is 35.5. The number of para-hydroxylation sites is 1. The average Bonchev–Trinajstić information content (AvgIpc) is 3.30. The van der Waals surface area contributed by atoms with Gasteiger partial charge in [-0.3, -0.25) is 0 Å².